The average molecular weight is 215 g/mol. The number of rotatable bonds is 7. The zero-order valence-corrected chi connectivity index (χ0v) is 9.98. The highest BCUT2D eigenvalue weighted by molar-refractivity contribution is 7.83. The molecule has 0 amide bonds. The fourth-order valence-electron chi connectivity index (χ4n) is 1.25. The quantitative estimate of drug-likeness (QED) is 0.515. The van der Waals surface area contributed by atoms with Crippen molar-refractivity contribution in [3.63, 3.8) is 0 Å². The van der Waals surface area contributed by atoms with Crippen LogP contribution in [0.2, 0.25) is 0 Å². The Bertz CT molecular complexity index is 223. The van der Waals surface area contributed by atoms with Gasteiger partial charge in [0.25, 0.3) is 0 Å². The summed E-state index contributed by atoms with van der Waals surface area (Å²) in [5, 5.41) is 5.27. The zero-order valence-electron chi connectivity index (χ0n) is 9.16. The summed E-state index contributed by atoms with van der Waals surface area (Å²) in [7, 11) is -1.24. The van der Waals surface area contributed by atoms with Gasteiger partial charge in [-0.2, -0.15) is 0 Å². The molecule has 2 nitrogen and oxygen atoms in total. The van der Waals surface area contributed by atoms with Crippen LogP contribution in [0.5, 0.6) is 0 Å². The maximum absolute atomic E-state index is 11.0. The minimum atomic E-state index is -1.24. The SMILES string of the molecule is C=CCCCC(=CC(C)S(N)=O)CC. The molecule has 3 heteroatoms. The molecule has 0 aliphatic heterocycles. The molecule has 2 atom stereocenters. The lowest BCUT2D eigenvalue weighted by Crippen LogP contribution is -2.16. The Kier molecular flexibility index (Phi) is 7.71. The first-order valence-electron chi connectivity index (χ1n) is 5.07. The van der Waals surface area contributed by atoms with Crippen LogP contribution < -0.4 is 5.14 Å². The first-order chi connectivity index (χ1) is 6.61. The van der Waals surface area contributed by atoms with E-state index in [1.54, 1.807) is 0 Å². The summed E-state index contributed by atoms with van der Waals surface area (Å²) in [5.74, 6) is 0. The third-order valence-corrected chi connectivity index (χ3v) is 3.07. The summed E-state index contributed by atoms with van der Waals surface area (Å²) in [4.78, 5) is 0. The third kappa shape index (κ3) is 6.11. The molecular formula is C11H21NOS. The number of hydrogen-bond donors (Lipinski definition) is 1. The van der Waals surface area contributed by atoms with E-state index in [0.29, 0.717) is 0 Å². The zero-order chi connectivity index (χ0) is 11.0. The van der Waals surface area contributed by atoms with Crippen molar-refractivity contribution in [1.82, 2.24) is 0 Å². The molecule has 0 aromatic heterocycles. The monoisotopic (exact) mass is 215 g/mol. The Hall–Kier alpha value is -0.410. The lowest BCUT2D eigenvalue weighted by Gasteiger charge is -2.07. The van der Waals surface area contributed by atoms with Crippen LogP contribution in [-0.4, -0.2) is 9.46 Å². The van der Waals surface area contributed by atoms with E-state index in [-0.39, 0.29) is 5.25 Å². The Morgan fingerprint density at radius 2 is 2.29 bits per heavy atom. The fourth-order valence-corrected chi connectivity index (χ4v) is 1.58. The molecule has 0 aliphatic rings. The van der Waals surface area contributed by atoms with Crippen molar-refractivity contribution < 1.29 is 4.21 Å². The van der Waals surface area contributed by atoms with E-state index < -0.39 is 11.0 Å². The van der Waals surface area contributed by atoms with E-state index in [1.807, 2.05) is 19.1 Å². The van der Waals surface area contributed by atoms with Gasteiger partial charge in [0.2, 0.25) is 0 Å². The van der Waals surface area contributed by atoms with Crippen molar-refractivity contribution in [2.45, 2.75) is 44.8 Å². The normalized spacial score (nSPS) is 16.4. The van der Waals surface area contributed by atoms with Gasteiger partial charge >= 0.3 is 0 Å². The summed E-state index contributed by atoms with van der Waals surface area (Å²) >= 11 is 0. The lowest BCUT2D eigenvalue weighted by molar-refractivity contribution is 0.680. The molecule has 0 spiro atoms. The van der Waals surface area contributed by atoms with E-state index >= 15 is 0 Å². The van der Waals surface area contributed by atoms with Gasteiger partial charge in [0.05, 0.1) is 16.2 Å². The maximum Gasteiger partial charge on any atom is 0.0955 e. The van der Waals surface area contributed by atoms with Crippen LogP contribution in [-0.2, 0) is 11.0 Å². The van der Waals surface area contributed by atoms with E-state index in [1.165, 1.54) is 5.57 Å². The van der Waals surface area contributed by atoms with E-state index in [9.17, 15) is 4.21 Å². The van der Waals surface area contributed by atoms with Crippen LogP contribution in [0.4, 0.5) is 0 Å². The largest absolute Gasteiger partial charge is 0.251 e. The smallest absolute Gasteiger partial charge is 0.0955 e. The molecule has 82 valence electrons. The number of allylic oxidation sites excluding steroid dienone is 2. The van der Waals surface area contributed by atoms with Gasteiger partial charge in [-0.25, -0.2) is 4.21 Å². The molecule has 0 rings (SSSR count). The van der Waals surface area contributed by atoms with Gasteiger partial charge in [0, 0.05) is 0 Å². The van der Waals surface area contributed by atoms with Crippen molar-refractivity contribution in [3.8, 4) is 0 Å². The molecule has 2 N–H and O–H groups in total. The Morgan fingerprint density at radius 3 is 2.71 bits per heavy atom. The van der Waals surface area contributed by atoms with Gasteiger partial charge in [-0.15, -0.1) is 6.58 Å². The fraction of sp³-hybridized carbons (Fsp3) is 0.636. The van der Waals surface area contributed by atoms with Gasteiger partial charge in [0.15, 0.2) is 0 Å². The van der Waals surface area contributed by atoms with Crippen LogP contribution in [0.3, 0.4) is 0 Å². The number of unbranched alkanes of at least 4 members (excludes halogenated alkanes) is 1. The highest BCUT2D eigenvalue weighted by atomic mass is 32.2. The Labute approximate surface area is 89.9 Å². The van der Waals surface area contributed by atoms with Gasteiger partial charge < -0.3 is 0 Å². The second-order valence-electron chi connectivity index (χ2n) is 3.39. The first kappa shape index (κ1) is 13.6. The predicted octanol–water partition coefficient (Wildman–Crippen LogP) is 2.69. The van der Waals surface area contributed by atoms with Gasteiger partial charge in [0.1, 0.15) is 0 Å². The Balaban J connectivity index is 4.10. The van der Waals surface area contributed by atoms with Crippen molar-refractivity contribution in [2.24, 2.45) is 5.14 Å². The standard InChI is InChI=1S/C11H21NOS/c1-4-6-7-8-11(5-2)9-10(3)14(12)13/h4,9-10H,1,5-8,12H2,2-3H3. The molecule has 0 aromatic rings. The molecule has 0 aromatic carbocycles. The van der Waals surface area contributed by atoms with Crippen LogP contribution in [0.25, 0.3) is 0 Å². The predicted molar refractivity (Wildman–Crippen MR) is 64.2 cm³/mol. The third-order valence-electron chi connectivity index (χ3n) is 2.20. The van der Waals surface area contributed by atoms with Crippen molar-refractivity contribution in [3.05, 3.63) is 24.3 Å². The molecule has 0 fully saturated rings. The van der Waals surface area contributed by atoms with Crippen molar-refractivity contribution in [2.75, 3.05) is 0 Å². The molecule has 0 saturated carbocycles. The second kappa shape index (κ2) is 7.94. The molecule has 0 heterocycles. The summed E-state index contributed by atoms with van der Waals surface area (Å²) < 4.78 is 11.0. The molecular weight excluding hydrogens is 194 g/mol. The summed E-state index contributed by atoms with van der Waals surface area (Å²) in [6.45, 7) is 7.69. The Morgan fingerprint density at radius 1 is 1.64 bits per heavy atom. The van der Waals surface area contributed by atoms with Crippen LogP contribution in [0, 0.1) is 0 Å². The molecule has 0 saturated heterocycles. The van der Waals surface area contributed by atoms with E-state index in [0.717, 1.165) is 25.7 Å². The van der Waals surface area contributed by atoms with Crippen LogP contribution >= 0.6 is 0 Å². The van der Waals surface area contributed by atoms with Gasteiger partial charge in [-0.1, -0.05) is 24.6 Å². The molecule has 14 heavy (non-hydrogen) atoms. The first-order valence-corrected chi connectivity index (χ1v) is 6.34. The average Bonchev–Trinajstić information content (AvgIpc) is 2.16. The molecule has 2 unspecified atom stereocenters. The number of nitrogens with two attached hydrogens (primary N) is 1. The lowest BCUT2D eigenvalue weighted by atomic mass is 10.1. The number of hydrogen-bond acceptors (Lipinski definition) is 1. The minimum absolute atomic E-state index is 0.0336. The van der Waals surface area contributed by atoms with Gasteiger partial charge in [-0.05, 0) is 32.6 Å². The molecule has 0 aliphatic carbocycles. The highest BCUT2D eigenvalue weighted by Crippen LogP contribution is 2.13. The van der Waals surface area contributed by atoms with Crippen molar-refractivity contribution in [1.29, 1.82) is 0 Å². The summed E-state index contributed by atoms with van der Waals surface area (Å²) in [6, 6.07) is 0. The van der Waals surface area contributed by atoms with E-state index in [2.05, 4.69) is 13.5 Å². The van der Waals surface area contributed by atoms with Gasteiger partial charge in [-0.3, -0.25) is 5.14 Å². The van der Waals surface area contributed by atoms with Crippen LogP contribution in [0.1, 0.15) is 39.5 Å². The maximum atomic E-state index is 11.0. The molecule has 0 bridgehead atoms. The molecule has 0 radical (unpaired) electrons. The second-order valence-corrected chi connectivity index (χ2v) is 4.79. The minimum Gasteiger partial charge on any atom is -0.251 e. The van der Waals surface area contributed by atoms with Crippen LogP contribution in [0.15, 0.2) is 24.3 Å². The summed E-state index contributed by atoms with van der Waals surface area (Å²) in [5.41, 5.74) is 1.35. The van der Waals surface area contributed by atoms with E-state index in [4.69, 9.17) is 5.14 Å². The summed E-state index contributed by atoms with van der Waals surface area (Å²) in [6.07, 6.45) is 8.20. The topological polar surface area (TPSA) is 43.1 Å². The van der Waals surface area contributed by atoms with Crippen molar-refractivity contribution >= 4 is 11.0 Å². The highest BCUT2D eigenvalue weighted by Gasteiger charge is 2.04.